The van der Waals surface area contributed by atoms with Crippen molar-refractivity contribution in [3.8, 4) is 5.75 Å². The third-order valence-corrected chi connectivity index (χ3v) is 9.30. The number of aliphatic hydroxyl groups is 1. The molecule has 1 fully saturated rings. The average Bonchev–Trinajstić information content (AvgIpc) is 3.46. The van der Waals surface area contributed by atoms with Gasteiger partial charge in [-0.3, -0.25) is 14.5 Å². The van der Waals surface area contributed by atoms with Crippen LogP contribution in [0.2, 0.25) is 0 Å². The van der Waals surface area contributed by atoms with Crippen molar-refractivity contribution >= 4 is 18.0 Å². The molecule has 11 heteroatoms. The van der Waals surface area contributed by atoms with E-state index in [1.54, 1.807) is 25.7 Å². The Bertz CT molecular complexity index is 1600. The number of rotatable bonds is 15. The third kappa shape index (κ3) is 11.5. The highest BCUT2D eigenvalue weighted by atomic mass is 16.6. The largest absolute Gasteiger partial charge is 0.492 e. The smallest absolute Gasteiger partial charge is 0.407 e. The van der Waals surface area contributed by atoms with E-state index in [9.17, 15) is 19.5 Å². The molecular weight excluding hydrogens is 662 g/mol. The summed E-state index contributed by atoms with van der Waals surface area (Å²) < 4.78 is 22.8. The maximum absolute atomic E-state index is 14.4. The molecule has 0 bridgehead atoms. The fourth-order valence-electron chi connectivity index (χ4n) is 6.80. The molecule has 3 aromatic rings. The molecule has 2 N–H and O–H groups in total. The maximum Gasteiger partial charge on any atom is 0.407 e. The van der Waals surface area contributed by atoms with Gasteiger partial charge in [-0.1, -0.05) is 66.7 Å². The lowest BCUT2D eigenvalue weighted by molar-refractivity contribution is -0.153. The number of ether oxygens (including phenoxy) is 4. The first-order valence-electron chi connectivity index (χ1n) is 18.2. The second-order valence-corrected chi connectivity index (χ2v) is 14.5. The molecule has 0 spiro atoms. The van der Waals surface area contributed by atoms with Gasteiger partial charge in [0.2, 0.25) is 5.91 Å². The van der Waals surface area contributed by atoms with Gasteiger partial charge in [0.05, 0.1) is 31.4 Å². The quantitative estimate of drug-likeness (QED) is 0.204. The van der Waals surface area contributed by atoms with E-state index in [4.69, 9.17) is 18.9 Å². The Morgan fingerprint density at radius 1 is 0.962 bits per heavy atom. The fraction of sp³-hybridized carbons (Fsp3) is 0.488. The molecule has 0 saturated carbocycles. The van der Waals surface area contributed by atoms with Crippen LogP contribution in [0.3, 0.4) is 0 Å². The van der Waals surface area contributed by atoms with Crippen molar-refractivity contribution in [1.82, 2.24) is 15.1 Å². The number of nitrogens with zero attached hydrogens (tertiary/aromatic N) is 2. The molecule has 2 amide bonds. The standard InChI is InChI=1S/C41H53N3O8/c1-29(45)51-37-27-32-12-8-9-13-34(32)39(37)44(28-31-14-16-33(17-15-31)50-25-22-43-20-23-49-24-21-43)38(47)19-18-36(46)35(26-30-10-6-5-7-11-30)42-40(48)52-41(2,3)4/h5-17,35-37,39,46H,18-28H2,1-4H3,(H,42,48)/t35-,36-,37+,39-/m0/s1. The second kappa shape index (κ2) is 18.3. The molecule has 280 valence electrons. The van der Waals surface area contributed by atoms with Gasteiger partial charge in [0.15, 0.2) is 0 Å². The summed E-state index contributed by atoms with van der Waals surface area (Å²) in [7, 11) is 0. The molecule has 52 heavy (non-hydrogen) atoms. The van der Waals surface area contributed by atoms with Crippen LogP contribution in [-0.4, -0.2) is 96.2 Å². The average molecular weight is 716 g/mol. The monoisotopic (exact) mass is 715 g/mol. The molecule has 3 aromatic carbocycles. The number of esters is 1. The van der Waals surface area contributed by atoms with Gasteiger partial charge in [0.25, 0.3) is 0 Å². The Labute approximate surface area is 307 Å². The van der Waals surface area contributed by atoms with Crippen molar-refractivity contribution in [3.63, 3.8) is 0 Å². The van der Waals surface area contributed by atoms with E-state index in [-0.39, 0.29) is 25.3 Å². The van der Waals surface area contributed by atoms with Crippen molar-refractivity contribution < 1.29 is 38.4 Å². The van der Waals surface area contributed by atoms with Gasteiger partial charge >= 0.3 is 12.1 Å². The van der Waals surface area contributed by atoms with E-state index < -0.39 is 42.0 Å². The third-order valence-electron chi connectivity index (χ3n) is 9.30. The minimum absolute atomic E-state index is 0.00333. The molecule has 1 aliphatic heterocycles. The molecule has 2 aliphatic rings. The Kier molecular flexibility index (Phi) is 13.7. The summed E-state index contributed by atoms with van der Waals surface area (Å²) >= 11 is 0. The highest BCUT2D eigenvalue weighted by Gasteiger charge is 2.41. The summed E-state index contributed by atoms with van der Waals surface area (Å²) in [5, 5.41) is 14.3. The lowest BCUT2D eigenvalue weighted by atomic mass is 9.97. The van der Waals surface area contributed by atoms with Crippen LogP contribution in [0.4, 0.5) is 4.79 Å². The summed E-state index contributed by atoms with van der Waals surface area (Å²) in [5.74, 6) is 0.115. The fourth-order valence-corrected chi connectivity index (χ4v) is 6.80. The number of benzene rings is 3. The van der Waals surface area contributed by atoms with Gasteiger partial charge in [-0.2, -0.15) is 0 Å². The Balaban J connectivity index is 1.32. The molecule has 0 radical (unpaired) electrons. The van der Waals surface area contributed by atoms with Gasteiger partial charge in [-0.05, 0) is 68.0 Å². The van der Waals surface area contributed by atoms with Crippen molar-refractivity contribution in [2.75, 3.05) is 39.5 Å². The second-order valence-electron chi connectivity index (χ2n) is 14.5. The van der Waals surface area contributed by atoms with Crippen LogP contribution in [0.5, 0.6) is 5.75 Å². The first-order chi connectivity index (χ1) is 24.9. The SMILES string of the molecule is CC(=O)O[C@@H]1Cc2ccccc2[C@@H]1N(Cc1ccc(OCCN2CCOCC2)cc1)C(=O)CC[C@H](O)[C@H](Cc1ccccc1)NC(=O)OC(C)(C)C. The maximum atomic E-state index is 14.4. The van der Waals surface area contributed by atoms with Crippen LogP contribution in [0.1, 0.15) is 68.8 Å². The van der Waals surface area contributed by atoms with Gasteiger partial charge in [-0.15, -0.1) is 0 Å². The summed E-state index contributed by atoms with van der Waals surface area (Å²) in [5.41, 5.74) is 3.04. The number of amides is 2. The van der Waals surface area contributed by atoms with E-state index >= 15 is 0 Å². The Hall–Kier alpha value is -4.45. The minimum Gasteiger partial charge on any atom is -0.492 e. The van der Waals surface area contributed by atoms with E-state index in [0.29, 0.717) is 19.4 Å². The van der Waals surface area contributed by atoms with Gasteiger partial charge < -0.3 is 34.3 Å². The summed E-state index contributed by atoms with van der Waals surface area (Å²) in [6, 6.07) is 23.9. The summed E-state index contributed by atoms with van der Waals surface area (Å²) in [6.45, 7) is 11.6. The lowest BCUT2D eigenvalue weighted by Crippen LogP contribution is -2.47. The predicted molar refractivity (Wildman–Crippen MR) is 197 cm³/mol. The van der Waals surface area contributed by atoms with Crippen LogP contribution < -0.4 is 10.1 Å². The number of alkyl carbamates (subject to hydrolysis) is 1. The first-order valence-corrected chi connectivity index (χ1v) is 18.2. The van der Waals surface area contributed by atoms with Crippen molar-refractivity contribution in [2.24, 2.45) is 0 Å². The number of carbonyl (C=O) groups is 3. The lowest BCUT2D eigenvalue weighted by Gasteiger charge is -2.34. The zero-order chi connectivity index (χ0) is 37.1. The number of morpholine rings is 1. The van der Waals surface area contributed by atoms with E-state index in [1.165, 1.54) is 6.92 Å². The topological polar surface area (TPSA) is 127 Å². The first kappa shape index (κ1) is 38.8. The Morgan fingerprint density at radius 2 is 1.65 bits per heavy atom. The van der Waals surface area contributed by atoms with Crippen LogP contribution in [0.25, 0.3) is 0 Å². The molecule has 4 atom stereocenters. The zero-order valence-electron chi connectivity index (χ0n) is 30.8. The predicted octanol–water partition coefficient (Wildman–Crippen LogP) is 5.23. The number of aliphatic hydroxyl groups excluding tert-OH is 1. The van der Waals surface area contributed by atoms with Crippen molar-refractivity contribution in [2.45, 2.75) is 89.8 Å². The van der Waals surface area contributed by atoms with Crippen LogP contribution >= 0.6 is 0 Å². The van der Waals surface area contributed by atoms with E-state index in [2.05, 4.69) is 10.2 Å². The van der Waals surface area contributed by atoms with Crippen molar-refractivity contribution in [1.29, 1.82) is 0 Å². The Morgan fingerprint density at radius 3 is 2.35 bits per heavy atom. The summed E-state index contributed by atoms with van der Waals surface area (Å²) in [6.07, 6.45) is -1.33. The number of hydrogen-bond acceptors (Lipinski definition) is 9. The van der Waals surface area contributed by atoms with Crippen LogP contribution in [-0.2, 0) is 43.2 Å². The van der Waals surface area contributed by atoms with Crippen LogP contribution in [0.15, 0.2) is 78.9 Å². The molecule has 1 aliphatic carbocycles. The molecule has 11 nitrogen and oxygen atoms in total. The molecule has 1 saturated heterocycles. The van der Waals surface area contributed by atoms with Gasteiger partial charge in [0.1, 0.15) is 24.1 Å². The molecular formula is C41H53N3O8. The van der Waals surface area contributed by atoms with E-state index in [0.717, 1.165) is 60.9 Å². The minimum atomic E-state index is -1.05. The number of hydrogen-bond donors (Lipinski definition) is 2. The molecule has 0 aromatic heterocycles. The zero-order valence-corrected chi connectivity index (χ0v) is 30.8. The van der Waals surface area contributed by atoms with Gasteiger partial charge in [-0.25, -0.2) is 4.79 Å². The number of carbonyl (C=O) groups excluding carboxylic acids is 3. The van der Waals surface area contributed by atoms with E-state index in [1.807, 2.05) is 78.9 Å². The molecule has 5 rings (SSSR count). The molecule has 0 unspecified atom stereocenters. The van der Waals surface area contributed by atoms with Crippen LogP contribution in [0, 0.1) is 0 Å². The van der Waals surface area contributed by atoms with Gasteiger partial charge in [0, 0.05) is 45.9 Å². The number of fused-ring (bicyclic) bond motifs is 1. The summed E-state index contributed by atoms with van der Waals surface area (Å²) in [4.78, 5) is 43.5. The highest BCUT2D eigenvalue weighted by Crippen LogP contribution is 2.39. The molecule has 1 heterocycles. The normalized spacial score (nSPS) is 18.5. The highest BCUT2D eigenvalue weighted by molar-refractivity contribution is 5.77. The van der Waals surface area contributed by atoms with Crippen molar-refractivity contribution in [3.05, 3.63) is 101 Å². The number of nitrogens with one attached hydrogen (secondary N) is 1.